The molecular weight excluding hydrogens is 785 g/mol. The van der Waals surface area contributed by atoms with Gasteiger partial charge in [-0.2, -0.15) is 0 Å². The second-order valence-corrected chi connectivity index (χ2v) is 19.2. The van der Waals surface area contributed by atoms with Crippen molar-refractivity contribution >= 4 is 33.5 Å². The van der Waals surface area contributed by atoms with Crippen molar-refractivity contribution in [2.75, 3.05) is 0 Å². The first kappa shape index (κ1) is 45.4. The molecule has 334 valence electrons. The number of fused-ring (bicyclic) bond motifs is 2. The van der Waals surface area contributed by atoms with E-state index in [1.54, 1.807) is 0 Å². The van der Waals surface area contributed by atoms with E-state index in [0.29, 0.717) is 34.5 Å². The van der Waals surface area contributed by atoms with Crippen molar-refractivity contribution in [1.29, 1.82) is 0 Å². The van der Waals surface area contributed by atoms with E-state index in [1.165, 1.54) is 140 Å². The lowest BCUT2D eigenvalue weighted by atomic mass is 9.77. The van der Waals surface area contributed by atoms with E-state index in [4.69, 9.17) is 9.47 Å². The molecule has 0 radical (unpaired) electrons. The molecule has 4 nitrogen and oxygen atoms in total. The van der Waals surface area contributed by atoms with Crippen LogP contribution < -0.4 is 9.47 Å². The van der Waals surface area contributed by atoms with Crippen LogP contribution in [0.2, 0.25) is 0 Å². The largest absolute Gasteiger partial charge is 0.422 e. The summed E-state index contributed by atoms with van der Waals surface area (Å²) < 4.78 is 12.8. The monoisotopic (exact) mass is 855 g/mol. The van der Waals surface area contributed by atoms with Gasteiger partial charge in [0.25, 0.3) is 0 Å². The Morgan fingerprint density at radius 1 is 0.422 bits per heavy atom. The summed E-state index contributed by atoms with van der Waals surface area (Å²) in [6, 6.07) is 40.2. The van der Waals surface area contributed by atoms with Crippen LogP contribution in [0.5, 0.6) is 11.5 Å². The third kappa shape index (κ3) is 11.3. The summed E-state index contributed by atoms with van der Waals surface area (Å²) in [6.07, 6.45) is 26.3. The molecule has 0 atom stereocenters. The molecule has 0 saturated heterocycles. The van der Waals surface area contributed by atoms with Crippen LogP contribution in [-0.4, -0.2) is 11.9 Å². The highest BCUT2D eigenvalue weighted by atomic mass is 16.5. The maximum Gasteiger partial charge on any atom is 0.343 e. The molecule has 0 aromatic heterocycles. The summed E-state index contributed by atoms with van der Waals surface area (Å²) in [5.74, 6) is 2.81. The first-order chi connectivity index (χ1) is 31.5. The lowest BCUT2D eigenvalue weighted by molar-refractivity contribution is 0.0723. The number of unbranched alkanes of at least 4 members (excludes halogenated alkanes) is 8. The fourth-order valence-electron chi connectivity index (χ4n) is 10.9. The van der Waals surface area contributed by atoms with Gasteiger partial charge in [0.1, 0.15) is 11.5 Å². The lowest BCUT2D eigenvalue weighted by Gasteiger charge is -2.29. The quantitative estimate of drug-likeness (QED) is 0.0463. The number of hydrogen-bond donors (Lipinski definition) is 0. The Labute approximate surface area is 383 Å². The van der Waals surface area contributed by atoms with Crippen molar-refractivity contribution in [1.82, 2.24) is 0 Å². The highest BCUT2D eigenvalue weighted by molar-refractivity contribution is 6.11. The average Bonchev–Trinajstić information content (AvgIpc) is 3.34. The van der Waals surface area contributed by atoms with Crippen LogP contribution in [-0.2, 0) is 0 Å². The van der Waals surface area contributed by atoms with E-state index >= 15 is 0 Å². The Bertz CT molecular complexity index is 2260. The number of ether oxygens (including phenoxy) is 2. The molecule has 2 aliphatic rings. The number of carbonyl (C=O) groups is 2. The summed E-state index contributed by atoms with van der Waals surface area (Å²) in [5, 5.41) is 3.80. The fourth-order valence-corrected chi connectivity index (χ4v) is 10.9. The predicted molar refractivity (Wildman–Crippen MR) is 266 cm³/mol. The SMILES string of the molecule is CCCCCCCC1CCC(c2ccc(C(=O)Oc3ccc4ccccc4c3-c3c(OC(=O)c4ccc(C5CCC(CCCCCCC)CC5)cc4)ccc4ccccc34)cc2)CC1. The van der Waals surface area contributed by atoms with Gasteiger partial charge in [-0.15, -0.1) is 0 Å². The fraction of sp³-hybridized carbons (Fsp3) is 0.433. The number of carbonyl (C=O) groups excluding carboxylic acids is 2. The summed E-state index contributed by atoms with van der Waals surface area (Å²) in [4.78, 5) is 28.1. The van der Waals surface area contributed by atoms with E-state index in [1.807, 2.05) is 84.9 Å². The Kier molecular flexibility index (Phi) is 16.0. The Morgan fingerprint density at radius 3 is 1.19 bits per heavy atom. The molecule has 2 saturated carbocycles. The zero-order chi connectivity index (χ0) is 44.1. The molecule has 6 aromatic rings. The minimum absolute atomic E-state index is 0.412. The summed E-state index contributed by atoms with van der Waals surface area (Å²) in [6.45, 7) is 4.56. The van der Waals surface area contributed by atoms with Crippen molar-refractivity contribution in [3.63, 3.8) is 0 Å². The third-order valence-electron chi connectivity index (χ3n) is 14.8. The molecule has 0 unspecified atom stereocenters. The summed E-state index contributed by atoms with van der Waals surface area (Å²) in [5.41, 5.74) is 5.10. The first-order valence-corrected chi connectivity index (χ1v) is 25.2. The number of esters is 2. The second-order valence-electron chi connectivity index (χ2n) is 19.2. The van der Waals surface area contributed by atoms with Gasteiger partial charge in [-0.3, -0.25) is 0 Å². The molecule has 4 heteroatoms. The normalized spacial score (nSPS) is 18.8. The van der Waals surface area contributed by atoms with Crippen LogP contribution in [0.3, 0.4) is 0 Å². The van der Waals surface area contributed by atoms with Crippen LogP contribution >= 0.6 is 0 Å². The van der Waals surface area contributed by atoms with Crippen LogP contribution in [0.15, 0.2) is 121 Å². The van der Waals surface area contributed by atoms with Gasteiger partial charge in [-0.25, -0.2) is 9.59 Å². The number of rotatable bonds is 19. The molecule has 6 aromatic carbocycles. The molecule has 0 spiro atoms. The van der Waals surface area contributed by atoms with Gasteiger partial charge in [0, 0.05) is 11.1 Å². The van der Waals surface area contributed by atoms with Gasteiger partial charge in [-0.1, -0.05) is 176 Å². The summed E-state index contributed by atoms with van der Waals surface area (Å²) in [7, 11) is 0. The Balaban J connectivity index is 0.984. The van der Waals surface area contributed by atoms with Crippen LogP contribution in [0.25, 0.3) is 32.7 Å². The maximum absolute atomic E-state index is 14.1. The minimum atomic E-state index is -0.412. The number of hydrogen-bond acceptors (Lipinski definition) is 4. The second kappa shape index (κ2) is 22.6. The maximum atomic E-state index is 14.1. The predicted octanol–water partition coefficient (Wildman–Crippen LogP) is 17.4. The molecular formula is C60H70O4. The van der Waals surface area contributed by atoms with E-state index < -0.39 is 11.9 Å². The van der Waals surface area contributed by atoms with Gasteiger partial charge in [-0.05, 0) is 144 Å². The first-order valence-electron chi connectivity index (χ1n) is 25.2. The van der Waals surface area contributed by atoms with Gasteiger partial charge in [0.15, 0.2) is 0 Å². The smallest absolute Gasteiger partial charge is 0.343 e. The zero-order valence-electron chi connectivity index (χ0n) is 38.6. The zero-order valence-corrected chi connectivity index (χ0v) is 38.6. The summed E-state index contributed by atoms with van der Waals surface area (Å²) >= 11 is 0. The average molecular weight is 855 g/mol. The Hall–Kier alpha value is -5.22. The van der Waals surface area contributed by atoms with Gasteiger partial charge < -0.3 is 9.47 Å². The van der Waals surface area contributed by atoms with Crippen molar-refractivity contribution in [3.8, 4) is 22.6 Å². The van der Waals surface area contributed by atoms with E-state index in [2.05, 4.69) is 50.2 Å². The van der Waals surface area contributed by atoms with Crippen molar-refractivity contribution in [3.05, 3.63) is 144 Å². The topological polar surface area (TPSA) is 52.6 Å². The van der Waals surface area contributed by atoms with Crippen molar-refractivity contribution in [2.45, 2.75) is 154 Å². The molecule has 8 rings (SSSR count). The van der Waals surface area contributed by atoms with E-state index in [0.717, 1.165) is 44.5 Å². The molecule has 64 heavy (non-hydrogen) atoms. The molecule has 0 bridgehead atoms. The molecule has 2 aliphatic carbocycles. The van der Waals surface area contributed by atoms with E-state index in [-0.39, 0.29) is 0 Å². The van der Waals surface area contributed by atoms with Crippen molar-refractivity contribution in [2.24, 2.45) is 11.8 Å². The highest BCUT2D eigenvalue weighted by Crippen LogP contribution is 2.46. The van der Waals surface area contributed by atoms with Gasteiger partial charge >= 0.3 is 11.9 Å². The van der Waals surface area contributed by atoms with Gasteiger partial charge in [0.2, 0.25) is 0 Å². The standard InChI is InChI=1S/C60H70O4/c1-3-5-7-9-11-17-43-23-27-45(28-24-43)47-31-35-51(36-32-47)59(61)63-55-41-39-49-19-13-15-21-53(49)57(55)58-54-22-16-14-20-50(54)40-42-56(58)64-60(62)52-37-33-48(34-38-52)46-29-25-44(26-30-46)18-12-10-8-6-4-2/h13-16,19-22,31-46H,3-12,17-18,23-30H2,1-2H3. The Morgan fingerprint density at radius 2 is 0.797 bits per heavy atom. The van der Waals surface area contributed by atoms with Gasteiger partial charge in [0.05, 0.1) is 11.1 Å². The molecule has 0 N–H and O–H groups in total. The van der Waals surface area contributed by atoms with Crippen LogP contribution in [0.1, 0.15) is 186 Å². The third-order valence-corrected chi connectivity index (χ3v) is 14.8. The van der Waals surface area contributed by atoms with Crippen LogP contribution in [0, 0.1) is 11.8 Å². The lowest BCUT2D eigenvalue weighted by Crippen LogP contribution is -2.14. The number of benzene rings is 6. The highest BCUT2D eigenvalue weighted by Gasteiger charge is 2.26. The van der Waals surface area contributed by atoms with Crippen molar-refractivity contribution < 1.29 is 19.1 Å². The van der Waals surface area contributed by atoms with E-state index in [9.17, 15) is 9.59 Å². The molecule has 0 amide bonds. The molecule has 0 heterocycles. The van der Waals surface area contributed by atoms with Crippen LogP contribution in [0.4, 0.5) is 0 Å². The molecule has 2 fully saturated rings. The minimum Gasteiger partial charge on any atom is -0.422 e. The molecule has 0 aliphatic heterocycles.